The van der Waals surface area contributed by atoms with Crippen LogP contribution in [0.3, 0.4) is 0 Å². The van der Waals surface area contributed by atoms with Gasteiger partial charge in [-0.2, -0.15) is 0 Å². The lowest BCUT2D eigenvalue weighted by Gasteiger charge is -2.07. The summed E-state index contributed by atoms with van der Waals surface area (Å²) in [7, 11) is 0. The molecule has 1 aromatic heterocycles. The Balaban J connectivity index is 1.48. The molecule has 1 amide bonds. The van der Waals surface area contributed by atoms with Crippen molar-refractivity contribution in [2.75, 3.05) is 11.9 Å². The second kappa shape index (κ2) is 7.45. The average Bonchev–Trinajstić information content (AvgIpc) is 3.19. The molecule has 2 aromatic rings. The molecule has 1 N–H and O–H groups in total. The van der Waals surface area contributed by atoms with Crippen molar-refractivity contribution < 1.29 is 14.3 Å². The first-order valence-corrected chi connectivity index (χ1v) is 8.80. The molecular weight excluding hydrogens is 322 g/mol. The van der Waals surface area contributed by atoms with Crippen LogP contribution in [-0.2, 0) is 27.2 Å². The van der Waals surface area contributed by atoms with E-state index in [1.54, 1.807) is 17.4 Å². The minimum absolute atomic E-state index is 0.288. The SMILES string of the molecule is Cc1ccsc1/C=C/C(=O)OCC(=O)Nc1ccc2c(c1)CCC2. The third-order valence-electron chi connectivity index (χ3n) is 4.00. The van der Waals surface area contributed by atoms with Crippen LogP contribution >= 0.6 is 11.3 Å². The number of carbonyl (C=O) groups excluding carboxylic acids is 2. The number of hydrogen-bond acceptors (Lipinski definition) is 4. The first kappa shape index (κ1) is 16.5. The Hall–Kier alpha value is -2.40. The highest BCUT2D eigenvalue weighted by atomic mass is 32.1. The summed E-state index contributed by atoms with van der Waals surface area (Å²) in [5.41, 5.74) is 4.51. The van der Waals surface area contributed by atoms with E-state index in [1.165, 1.54) is 23.6 Å². The molecule has 1 heterocycles. The molecule has 0 radical (unpaired) electrons. The molecule has 124 valence electrons. The molecule has 0 spiro atoms. The highest BCUT2D eigenvalue weighted by Crippen LogP contribution is 2.24. The zero-order valence-corrected chi connectivity index (χ0v) is 14.3. The minimum Gasteiger partial charge on any atom is -0.452 e. The first-order valence-electron chi connectivity index (χ1n) is 7.92. The van der Waals surface area contributed by atoms with E-state index in [-0.39, 0.29) is 12.5 Å². The van der Waals surface area contributed by atoms with Gasteiger partial charge >= 0.3 is 5.97 Å². The Bertz CT molecular complexity index is 792. The predicted molar refractivity (Wildman–Crippen MR) is 96.1 cm³/mol. The van der Waals surface area contributed by atoms with Crippen molar-refractivity contribution >= 4 is 35.0 Å². The molecule has 0 unspecified atom stereocenters. The number of anilines is 1. The molecule has 1 aliphatic rings. The fourth-order valence-corrected chi connectivity index (χ4v) is 3.55. The monoisotopic (exact) mass is 341 g/mol. The van der Waals surface area contributed by atoms with Crippen molar-refractivity contribution in [3.8, 4) is 0 Å². The van der Waals surface area contributed by atoms with Crippen molar-refractivity contribution in [2.45, 2.75) is 26.2 Å². The fourth-order valence-electron chi connectivity index (χ4n) is 2.73. The summed E-state index contributed by atoms with van der Waals surface area (Å²) < 4.78 is 4.97. The van der Waals surface area contributed by atoms with E-state index in [2.05, 4.69) is 11.4 Å². The number of rotatable bonds is 5. The number of aryl methyl sites for hydroxylation is 3. The zero-order valence-electron chi connectivity index (χ0n) is 13.5. The van der Waals surface area contributed by atoms with Gasteiger partial charge in [0.1, 0.15) is 0 Å². The first-order chi connectivity index (χ1) is 11.6. The van der Waals surface area contributed by atoms with Crippen molar-refractivity contribution in [2.24, 2.45) is 0 Å². The van der Waals surface area contributed by atoms with E-state index in [1.807, 2.05) is 30.5 Å². The highest BCUT2D eigenvalue weighted by Gasteiger charge is 2.12. The number of benzene rings is 1. The number of ether oxygens (including phenoxy) is 1. The van der Waals surface area contributed by atoms with Gasteiger partial charge in [0.05, 0.1) is 0 Å². The molecule has 4 nitrogen and oxygen atoms in total. The molecule has 0 saturated heterocycles. The molecule has 5 heteroatoms. The van der Waals surface area contributed by atoms with Crippen molar-refractivity contribution in [1.29, 1.82) is 0 Å². The number of fused-ring (bicyclic) bond motifs is 1. The van der Waals surface area contributed by atoms with Gasteiger partial charge in [-0.05, 0) is 72.5 Å². The van der Waals surface area contributed by atoms with E-state index in [4.69, 9.17) is 4.74 Å². The third kappa shape index (κ3) is 4.11. The maximum atomic E-state index is 11.9. The number of amides is 1. The third-order valence-corrected chi connectivity index (χ3v) is 4.98. The summed E-state index contributed by atoms with van der Waals surface area (Å²) in [5, 5.41) is 4.73. The van der Waals surface area contributed by atoms with Gasteiger partial charge in [0.2, 0.25) is 0 Å². The largest absolute Gasteiger partial charge is 0.452 e. The molecular formula is C19H19NO3S. The number of nitrogens with one attached hydrogen (secondary N) is 1. The minimum atomic E-state index is -0.521. The fraction of sp³-hybridized carbons (Fsp3) is 0.263. The predicted octanol–water partition coefficient (Wildman–Crippen LogP) is 3.74. The lowest BCUT2D eigenvalue weighted by molar-refractivity contribution is -0.142. The standard InChI is InChI=1S/C19H19NO3S/c1-13-9-10-24-17(13)7-8-19(22)23-12-18(21)20-16-6-5-14-3-2-4-15(14)11-16/h5-11H,2-4,12H2,1H3,(H,20,21)/b8-7+. The summed E-state index contributed by atoms with van der Waals surface area (Å²) in [4.78, 5) is 24.6. The quantitative estimate of drug-likeness (QED) is 0.666. The molecule has 0 bridgehead atoms. The van der Waals surface area contributed by atoms with Gasteiger partial charge in [0, 0.05) is 16.6 Å². The van der Waals surface area contributed by atoms with Gasteiger partial charge in [-0.25, -0.2) is 4.79 Å². The van der Waals surface area contributed by atoms with Crippen LogP contribution in [0, 0.1) is 6.92 Å². The van der Waals surface area contributed by atoms with E-state index in [9.17, 15) is 9.59 Å². The van der Waals surface area contributed by atoms with Crippen molar-refractivity contribution in [3.63, 3.8) is 0 Å². The Labute approximate surface area is 145 Å². The van der Waals surface area contributed by atoms with Gasteiger partial charge in [0.15, 0.2) is 6.61 Å². The summed E-state index contributed by atoms with van der Waals surface area (Å²) in [6.07, 6.45) is 6.39. The number of carbonyl (C=O) groups is 2. The zero-order chi connectivity index (χ0) is 16.9. The average molecular weight is 341 g/mol. The van der Waals surface area contributed by atoms with Crippen LogP contribution in [0.4, 0.5) is 5.69 Å². The van der Waals surface area contributed by atoms with E-state index in [0.29, 0.717) is 0 Å². The summed E-state index contributed by atoms with van der Waals surface area (Å²) in [6, 6.07) is 7.93. The second-order valence-corrected chi connectivity index (χ2v) is 6.74. The Kier molecular flexibility index (Phi) is 5.11. The molecule has 0 fully saturated rings. The number of hydrogen-bond donors (Lipinski definition) is 1. The van der Waals surface area contributed by atoms with Gasteiger partial charge in [-0.15, -0.1) is 11.3 Å². The highest BCUT2D eigenvalue weighted by molar-refractivity contribution is 7.11. The van der Waals surface area contributed by atoms with Crippen LogP contribution in [0.1, 0.15) is 28.0 Å². The topological polar surface area (TPSA) is 55.4 Å². The lowest BCUT2D eigenvalue weighted by atomic mass is 10.1. The lowest BCUT2D eigenvalue weighted by Crippen LogP contribution is -2.20. The Morgan fingerprint density at radius 2 is 2.08 bits per heavy atom. The van der Waals surface area contributed by atoms with Crippen LogP contribution in [-0.4, -0.2) is 18.5 Å². The van der Waals surface area contributed by atoms with E-state index >= 15 is 0 Å². The van der Waals surface area contributed by atoms with Gasteiger partial charge < -0.3 is 10.1 Å². The van der Waals surface area contributed by atoms with Crippen molar-refractivity contribution in [1.82, 2.24) is 0 Å². The normalized spacial score (nSPS) is 13.0. The van der Waals surface area contributed by atoms with Gasteiger partial charge in [0.25, 0.3) is 5.91 Å². The molecule has 0 aliphatic heterocycles. The Morgan fingerprint density at radius 1 is 1.25 bits per heavy atom. The number of thiophene rings is 1. The Morgan fingerprint density at radius 3 is 2.88 bits per heavy atom. The van der Waals surface area contributed by atoms with Crippen LogP contribution in [0.5, 0.6) is 0 Å². The smallest absolute Gasteiger partial charge is 0.331 e. The summed E-state index contributed by atoms with van der Waals surface area (Å²) in [5.74, 6) is -0.853. The molecule has 0 saturated carbocycles. The van der Waals surface area contributed by atoms with Crippen LogP contribution in [0.15, 0.2) is 35.7 Å². The maximum absolute atomic E-state index is 11.9. The van der Waals surface area contributed by atoms with E-state index in [0.717, 1.165) is 29.0 Å². The summed E-state index contributed by atoms with van der Waals surface area (Å²) >= 11 is 1.55. The van der Waals surface area contributed by atoms with E-state index < -0.39 is 5.97 Å². The second-order valence-electron chi connectivity index (χ2n) is 5.79. The number of esters is 1. The molecule has 24 heavy (non-hydrogen) atoms. The molecule has 3 rings (SSSR count). The van der Waals surface area contributed by atoms with Crippen LogP contribution in [0.25, 0.3) is 6.08 Å². The summed E-state index contributed by atoms with van der Waals surface area (Å²) in [6.45, 7) is 1.69. The van der Waals surface area contributed by atoms with Crippen LogP contribution < -0.4 is 5.32 Å². The molecule has 1 aromatic carbocycles. The maximum Gasteiger partial charge on any atom is 0.331 e. The van der Waals surface area contributed by atoms with Crippen LogP contribution in [0.2, 0.25) is 0 Å². The molecule has 0 atom stereocenters. The van der Waals surface area contributed by atoms with Gasteiger partial charge in [-0.3, -0.25) is 4.79 Å². The van der Waals surface area contributed by atoms with Crippen molar-refractivity contribution in [3.05, 3.63) is 57.3 Å². The van der Waals surface area contributed by atoms with Gasteiger partial charge in [-0.1, -0.05) is 6.07 Å². The molecule has 1 aliphatic carbocycles.